The van der Waals surface area contributed by atoms with E-state index in [4.69, 9.17) is 0 Å². The molecule has 3 rings (SSSR count). The van der Waals surface area contributed by atoms with Gasteiger partial charge in [0.2, 0.25) is 0 Å². The van der Waals surface area contributed by atoms with Crippen molar-refractivity contribution in [3.05, 3.63) is 56.8 Å². The first-order valence-corrected chi connectivity index (χ1v) is 7.73. The van der Waals surface area contributed by atoms with Crippen molar-refractivity contribution in [1.29, 1.82) is 0 Å². The van der Waals surface area contributed by atoms with E-state index in [1.54, 1.807) is 0 Å². The maximum Gasteiger partial charge on any atom is 0.336 e. The van der Waals surface area contributed by atoms with Crippen LogP contribution in [0.25, 0.3) is 11.1 Å². The number of carbonyl (C=O) groups excluding carboxylic acids is 1. The predicted octanol–water partition coefficient (Wildman–Crippen LogP) is 3.57. The molecule has 1 aliphatic carbocycles. The van der Waals surface area contributed by atoms with E-state index in [2.05, 4.69) is 20.7 Å². The quantitative estimate of drug-likeness (QED) is 0.544. The van der Waals surface area contributed by atoms with Gasteiger partial charge in [0.1, 0.15) is 5.82 Å². The molecule has 6 heteroatoms. The Kier molecular flexibility index (Phi) is 4.17. The smallest absolute Gasteiger partial charge is 0.336 e. The number of ether oxygens (including phenoxy) is 1. The van der Waals surface area contributed by atoms with Gasteiger partial charge in [0, 0.05) is 12.0 Å². The van der Waals surface area contributed by atoms with Gasteiger partial charge >= 0.3 is 5.97 Å². The molecule has 0 atom stereocenters. The Morgan fingerprint density at radius 2 is 2.17 bits per heavy atom. The van der Waals surface area contributed by atoms with Crippen molar-refractivity contribution < 1.29 is 23.8 Å². The fraction of sp³-hybridized carbons (Fsp3) is 0.176. The molecule has 0 heterocycles. The van der Waals surface area contributed by atoms with Crippen LogP contribution in [-0.4, -0.2) is 24.2 Å². The largest absolute Gasteiger partial charge is 0.478 e. The second kappa shape index (κ2) is 6.12. The Balaban J connectivity index is 2.05. The predicted molar refractivity (Wildman–Crippen MR) is 85.0 cm³/mol. The molecule has 0 aliphatic heterocycles. The minimum absolute atomic E-state index is 0.0114. The highest BCUT2D eigenvalue weighted by atomic mass is 79.9. The van der Waals surface area contributed by atoms with E-state index in [-0.39, 0.29) is 16.6 Å². The lowest BCUT2D eigenvalue weighted by Gasteiger charge is -2.09. The van der Waals surface area contributed by atoms with Gasteiger partial charge in [-0.2, -0.15) is 0 Å². The van der Waals surface area contributed by atoms with E-state index >= 15 is 0 Å². The summed E-state index contributed by atoms with van der Waals surface area (Å²) in [6.45, 7) is 0.691. The van der Waals surface area contributed by atoms with E-state index in [1.807, 2.05) is 18.2 Å². The average Bonchev–Trinajstić information content (AvgIpc) is 2.89. The van der Waals surface area contributed by atoms with Crippen molar-refractivity contribution in [2.45, 2.75) is 12.8 Å². The van der Waals surface area contributed by atoms with E-state index in [9.17, 15) is 19.1 Å². The Labute approximate surface area is 140 Å². The zero-order valence-electron chi connectivity index (χ0n) is 11.9. The number of carbonyl (C=O) groups is 2. The number of fused-ring (bicyclic) bond motifs is 3. The maximum atomic E-state index is 14.0. The van der Waals surface area contributed by atoms with Crippen LogP contribution in [0.15, 0.2) is 28.7 Å². The summed E-state index contributed by atoms with van der Waals surface area (Å²) >= 11 is 3.23. The fourth-order valence-corrected chi connectivity index (χ4v) is 3.49. The van der Waals surface area contributed by atoms with Crippen molar-refractivity contribution in [3.63, 3.8) is 0 Å². The Morgan fingerprint density at radius 1 is 1.39 bits per heavy atom. The maximum absolute atomic E-state index is 14.0. The van der Waals surface area contributed by atoms with Crippen LogP contribution in [0.2, 0.25) is 0 Å². The molecule has 0 fully saturated rings. The average molecular weight is 379 g/mol. The van der Waals surface area contributed by atoms with Gasteiger partial charge in [0.25, 0.3) is 6.47 Å². The second-order valence-electron chi connectivity index (χ2n) is 5.26. The second-order valence-corrected chi connectivity index (χ2v) is 6.06. The molecule has 0 saturated carbocycles. The molecular formula is C17H12BrFO4. The SMILES string of the molecule is O=COCCc1ccc2c(c1)Cc1c(C(=O)O)cc(F)c(Br)c1-2. The zero-order chi connectivity index (χ0) is 16.6. The number of halogens is 2. The summed E-state index contributed by atoms with van der Waals surface area (Å²) in [5.41, 5.74) is 3.95. The number of carboxylic acid groups (broad SMARTS) is 1. The molecular weight excluding hydrogens is 367 g/mol. The fourth-order valence-electron chi connectivity index (χ4n) is 2.93. The van der Waals surface area contributed by atoms with Crippen LogP contribution in [0.1, 0.15) is 27.0 Å². The van der Waals surface area contributed by atoms with Crippen LogP contribution >= 0.6 is 15.9 Å². The van der Waals surface area contributed by atoms with Crippen molar-refractivity contribution in [1.82, 2.24) is 0 Å². The molecule has 0 spiro atoms. The first kappa shape index (κ1) is 15.7. The number of carboxylic acids is 1. The van der Waals surface area contributed by atoms with Gasteiger partial charge in [0.15, 0.2) is 0 Å². The van der Waals surface area contributed by atoms with Crippen molar-refractivity contribution in [2.75, 3.05) is 6.61 Å². The molecule has 0 unspecified atom stereocenters. The molecule has 2 aromatic carbocycles. The van der Waals surface area contributed by atoms with Gasteiger partial charge in [-0.3, -0.25) is 4.79 Å². The highest BCUT2D eigenvalue weighted by molar-refractivity contribution is 9.10. The third-order valence-corrected chi connectivity index (χ3v) is 4.72. The molecule has 23 heavy (non-hydrogen) atoms. The van der Waals surface area contributed by atoms with E-state index in [1.165, 1.54) is 0 Å². The summed E-state index contributed by atoms with van der Waals surface area (Å²) < 4.78 is 19.0. The van der Waals surface area contributed by atoms with Crippen LogP contribution < -0.4 is 0 Å². The molecule has 4 nitrogen and oxygen atoms in total. The van der Waals surface area contributed by atoms with E-state index in [0.29, 0.717) is 30.4 Å². The number of hydrogen-bond acceptors (Lipinski definition) is 3. The van der Waals surface area contributed by atoms with Crippen molar-refractivity contribution in [3.8, 4) is 11.1 Å². The van der Waals surface area contributed by atoms with Gasteiger partial charge < -0.3 is 9.84 Å². The summed E-state index contributed by atoms with van der Waals surface area (Å²) in [6, 6.07) is 6.72. The lowest BCUT2D eigenvalue weighted by Crippen LogP contribution is -2.03. The molecule has 1 aliphatic rings. The molecule has 0 aromatic heterocycles. The summed E-state index contributed by atoms with van der Waals surface area (Å²) in [5.74, 6) is -1.72. The number of hydrogen-bond donors (Lipinski definition) is 1. The monoisotopic (exact) mass is 378 g/mol. The molecule has 0 amide bonds. The van der Waals surface area contributed by atoms with Gasteiger partial charge in [-0.25, -0.2) is 9.18 Å². The normalized spacial score (nSPS) is 11.7. The van der Waals surface area contributed by atoms with Crippen LogP contribution in [0.3, 0.4) is 0 Å². The van der Waals surface area contributed by atoms with Gasteiger partial charge in [-0.15, -0.1) is 0 Å². The van der Waals surface area contributed by atoms with Crippen LogP contribution in [0, 0.1) is 5.82 Å². The van der Waals surface area contributed by atoms with Crippen molar-refractivity contribution in [2.24, 2.45) is 0 Å². The highest BCUT2D eigenvalue weighted by Crippen LogP contribution is 2.44. The van der Waals surface area contributed by atoms with Crippen LogP contribution in [0.5, 0.6) is 0 Å². The minimum Gasteiger partial charge on any atom is -0.478 e. The lowest BCUT2D eigenvalue weighted by molar-refractivity contribution is -0.128. The lowest BCUT2D eigenvalue weighted by atomic mass is 10.0. The van der Waals surface area contributed by atoms with Gasteiger partial charge in [-0.05, 0) is 50.7 Å². The summed E-state index contributed by atoms with van der Waals surface area (Å²) in [4.78, 5) is 21.6. The highest BCUT2D eigenvalue weighted by Gasteiger charge is 2.28. The summed E-state index contributed by atoms with van der Waals surface area (Å²) in [5, 5.41) is 9.31. The minimum atomic E-state index is -1.14. The summed E-state index contributed by atoms with van der Waals surface area (Å²) in [6.07, 6.45) is 1.01. The third kappa shape index (κ3) is 2.74. The number of benzene rings is 2. The first-order valence-electron chi connectivity index (χ1n) is 6.94. The Bertz CT molecular complexity index is 817. The molecule has 1 N–H and O–H groups in total. The first-order chi connectivity index (χ1) is 11.0. The standard InChI is InChI=1S/C17H12BrFO4/c18-16-14(19)7-13(17(21)22)12-6-10-5-9(3-4-23-8-20)1-2-11(10)15(12)16/h1-2,5,7-8H,3-4,6H2,(H,21,22). The Hall–Kier alpha value is -2.21. The van der Waals surface area contributed by atoms with Gasteiger partial charge in [0.05, 0.1) is 16.6 Å². The van der Waals surface area contributed by atoms with E-state index in [0.717, 1.165) is 22.8 Å². The molecule has 118 valence electrons. The van der Waals surface area contributed by atoms with Crippen LogP contribution in [0.4, 0.5) is 4.39 Å². The van der Waals surface area contributed by atoms with Gasteiger partial charge in [-0.1, -0.05) is 18.2 Å². The number of aromatic carboxylic acids is 1. The molecule has 0 bridgehead atoms. The topological polar surface area (TPSA) is 63.6 Å². The summed E-state index contributed by atoms with van der Waals surface area (Å²) in [7, 11) is 0. The number of rotatable bonds is 5. The van der Waals surface area contributed by atoms with E-state index < -0.39 is 11.8 Å². The Morgan fingerprint density at radius 3 is 2.87 bits per heavy atom. The molecule has 0 saturated heterocycles. The molecule has 2 aromatic rings. The third-order valence-electron chi connectivity index (χ3n) is 3.94. The molecule has 0 radical (unpaired) electrons. The zero-order valence-corrected chi connectivity index (χ0v) is 13.5. The van der Waals surface area contributed by atoms with Crippen molar-refractivity contribution >= 4 is 28.4 Å². The van der Waals surface area contributed by atoms with Crippen LogP contribution in [-0.2, 0) is 22.4 Å².